The third kappa shape index (κ3) is 4.27. The van der Waals surface area contributed by atoms with Gasteiger partial charge in [0.15, 0.2) is 0 Å². The van der Waals surface area contributed by atoms with Crippen molar-refractivity contribution in [2.75, 3.05) is 13.1 Å². The minimum absolute atomic E-state index is 0.834. The number of nitrogens with zero attached hydrogens (tertiary/aromatic N) is 1. The van der Waals surface area contributed by atoms with Crippen LogP contribution in [0.15, 0.2) is 0 Å². The van der Waals surface area contributed by atoms with Gasteiger partial charge in [-0.25, -0.2) is 0 Å². The SMILES string of the molecule is C1CCC2CC(NC[C@@H]3CCCN3C3CCC4CCCCC4C3)CCC2C1. The highest BCUT2D eigenvalue weighted by molar-refractivity contribution is 4.94. The van der Waals surface area contributed by atoms with Crippen LogP contribution in [0.5, 0.6) is 0 Å². The molecular formula is C25H44N2. The van der Waals surface area contributed by atoms with Gasteiger partial charge in [0.25, 0.3) is 0 Å². The first-order valence-electron chi connectivity index (χ1n) is 12.9. The van der Waals surface area contributed by atoms with Crippen LogP contribution in [0.4, 0.5) is 0 Å². The molecule has 1 N–H and O–H groups in total. The largest absolute Gasteiger partial charge is 0.312 e. The average molecular weight is 373 g/mol. The lowest BCUT2D eigenvalue weighted by Crippen LogP contribution is -2.49. The molecule has 0 radical (unpaired) electrons. The minimum atomic E-state index is 0.834. The number of rotatable bonds is 4. The molecule has 5 rings (SSSR count). The molecule has 0 spiro atoms. The van der Waals surface area contributed by atoms with Crippen LogP contribution in [0.25, 0.3) is 0 Å². The molecule has 0 amide bonds. The zero-order valence-electron chi connectivity index (χ0n) is 17.7. The first-order valence-corrected chi connectivity index (χ1v) is 12.9. The Morgan fingerprint density at radius 1 is 0.593 bits per heavy atom. The predicted molar refractivity (Wildman–Crippen MR) is 114 cm³/mol. The summed E-state index contributed by atoms with van der Waals surface area (Å²) in [7, 11) is 0. The van der Waals surface area contributed by atoms with Crippen LogP contribution in [-0.2, 0) is 0 Å². The van der Waals surface area contributed by atoms with Gasteiger partial charge in [-0.3, -0.25) is 4.90 Å². The summed E-state index contributed by atoms with van der Waals surface area (Å²) in [5, 5.41) is 4.08. The summed E-state index contributed by atoms with van der Waals surface area (Å²) < 4.78 is 0. The highest BCUT2D eigenvalue weighted by atomic mass is 15.2. The van der Waals surface area contributed by atoms with Gasteiger partial charge in [-0.2, -0.15) is 0 Å². The molecule has 6 unspecified atom stereocenters. The summed E-state index contributed by atoms with van der Waals surface area (Å²) in [6.45, 7) is 2.68. The second-order valence-electron chi connectivity index (χ2n) is 11.0. The Bertz CT molecular complexity index is 477. The fourth-order valence-corrected chi connectivity index (χ4v) is 8.07. The Kier molecular flexibility index (Phi) is 6.12. The zero-order valence-corrected chi connectivity index (χ0v) is 17.7. The normalized spacial score (nSPS) is 46.0. The lowest BCUT2D eigenvalue weighted by atomic mass is 9.69. The standard InChI is InChI=1S/C25H44N2/c1-3-8-21-16-23(13-11-19(21)6-1)26-18-25-10-5-15-27(25)24-14-12-20-7-2-4-9-22(20)17-24/h19-26H,1-18H2/t19?,20?,21?,22?,23?,24?,25-/m0/s1. The maximum Gasteiger partial charge on any atom is 0.0224 e. The molecule has 0 aromatic rings. The summed E-state index contributed by atoms with van der Waals surface area (Å²) >= 11 is 0. The van der Waals surface area contributed by atoms with Crippen molar-refractivity contribution < 1.29 is 0 Å². The van der Waals surface area contributed by atoms with Crippen LogP contribution in [0.3, 0.4) is 0 Å². The molecule has 0 bridgehead atoms. The van der Waals surface area contributed by atoms with Gasteiger partial charge in [0.05, 0.1) is 0 Å². The van der Waals surface area contributed by atoms with Crippen LogP contribution >= 0.6 is 0 Å². The topological polar surface area (TPSA) is 15.3 Å². The zero-order chi connectivity index (χ0) is 18.1. The Balaban J connectivity index is 1.12. The fraction of sp³-hybridized carbons (Fsp3) is 1.00. The summed E-state index contributed by atoms with van der Waals surface area (Å²) in [5.74, 6) is 4.32. The molecule has 1 aliphatic heterocycles. The van der Waals surface area contributed by atoms with Crippen LogP contribution in [0.2, 0.25) is 0 Å². The molecule has 5 fully saturated rings. The van der Waals surface area contributed by atoms with Gasteiger partial charge < -0.3 is 5.32 Å². The predicted octanol–water partition coefficient (Wildman–Crippen LogP) is 5.76. The van der Waals surface area contributed by atoms with Crippen LogP contribution in [-0.4, -0.2) is 36.1 Å². The van der Waals surface area contributed by atoms with Gasteiger partial charge in [0, 0.05) is 24.7 Å². The molecule has 1 heterocycles. The monoisotopic (exact) mass is 372 g/mol. The first kappa shape index (κ1) is 18.9. The maximum absolute atomic E-state index is 4.08. The molecule has 4 aliphatic carbocycles. The molecule has 1 saturated heterocycles. The Morgan fingerprint density at radius 3 is 2.04 bits per heavy atom. The second kappa shape index (κ2) is 8.74. The number of nitrogens with one attached hydrogen (secondary N) is 1. The minimum Gasteiger partial charge on any atom is -0.312 e. The van der Waals surface area contributed by atoms with Crippen molar-refractivity contribution >= 4 is 0 Å². The molecule has 4 saturated carbocycles. The van der Waals surface area contributed by atoms with Gasteiger partial charge in [0.1, 0.15) is 0 Å². The first-order chi connectivity index (χ1) is 13.4. The lowest BCUT2D eigenvalue weighted by molar-refractivity contribution is 0.0639. The van der Waals surface area contributed by atoms with E-state index in [-0.39, 0.29) is 0 Å². The van der Waals surface area contributed by atoms with Crippen molar-refractivity contribution in [1.29, 1.82) is 0 Å². The number of hydrogen-bond donors (Lipinski definition) is 1. The van der Waals surface area contributed by atoms with Gasteiger partial charge >= 0.3 is 0 Å². The third-order valence-corrected chi connectivity index (χ3v) is 9.59. The average Bonchev–Trinajstić information content (AvgIpc) is 3.20. The van der Waals surface area contributed by atoms with E-state index in [4.69, 9.17) is 0 Å². The molecule has 0 aromatic heterocycles. The summed E-state index contributed by atoms with van der Waals surface area (Å²) in [4.78, 5) is 2.98. The maximum atomic E-state index is 4.08. The van der Waals surface area contributed by atoms with E-state index in [0.717, 1.165) is 41.8 Å². The highest BCUT2D eigenvalue weighted by Gasteiger charge is 2.38. The van der Waals surface area contributed by atoms with Crippen molar-refractivity contribution in [1.82, 2.24) is 10.2 Å². The molecule has 0 aromatic carbocycles. The van der Waals surface area contributed by atoms with Gasteiger partial charge in [0.2, 0.25) is 0 Å². The van der Waals surface area contributed by atoms with E-state index in [1.54, 1.807) is 12.8 Å². The second-order valence-corrected chi connectivity index (χ2v) is 11.0. The Morgan fingerprint density at radius 2 is 1.26 bits per heavy atom. The van der Waals surface area contributed by atoms with E-state index in [1.165, 1.54) is 103 Å². The van der Waals surface area contributed by atoms with E-state index in [1.807, 2.05) is 0 Å². The van der Waals surface area contributed by atoms with E-state index >= 15 is 0 Å². The molecule has 2 heteroatoms. The highest BCUT2D eigenvalue weighted by Crippen LogP contribution is 2.43. The molecule has 5 aliphatic rings. The summed E-state index contributed by atoms with van der Waals surface area (Å²) in [6.07, 6.45) is 24.2. The summed E-state index contributed by atoms with van der Waals surface area (Å²) in [5.41, 5.74) is 0. The van der Waals surface area contributed by atoms with Crippen molar-refractivity contribution in [3.63, 3.8) is 0 Å². The van der Waals surface area contributed by atoms with Crippen LogP contribution < -0.4 is 5.32 Å². The quantitative estimate of drug-likeness (QED) is 0.675. The van der Waals surface area contributed by atoms with Gasteiger partial charge in [-0.05, 0) is 81.6 Å². The lowest BCUT2D eigenvalue weighted by Gasteiger charge is -2.44. The molecule has 7 atom stereocenters. The van der Waals surface area contributed by atoms with Gasteiger partial charge in [-0.1, -0.05) is 51.4 Å². The summed E-state index contributed by atoms with van der Waals surface area (Å²) in [6, 6.07) is 2.60. The van der Waals surface area contributed by atoms with Crippen LogP contribution in [0, 0.1) is 23.7 Å². The molecular weight excluding hydrogens is 328 g/mol. The van der Waals surface area contributed by atoms with E-state index in [9.17, 15) is 0 Å². The Hall–Kier alpha value is -0.0800. The van der Waals surface area contributed by atoms with Crippen molar-refractivity contribution in [3.8, 4) is 0 Å². The number of hydrogen-bond acceptors (Lipinski definition) is 2. The molecule has 154 valence electrons. The molecule has 2 nitrogen and oxygen atoms in total. The van der Waals surface area contributed by atoms with Gasteiger partial charge in [-0.15, -0.1) is 0 Å². The fourth-order valence-electron chi connectivity index (χ4n) is 8.07. The Labute approximate surface area is 168 Å². The smallest absolute Gasteiger partial charge is 0.0224 e. The molecule has 27 heavy (non-hydrogen) atoms. The van der Waals surface area contributed by atoms with Crippen molar-refractivity contribution in [2.24, 2.45) is 23.7 Å². The van der Waals surface area contributed by atoms with E-state index in [0.29, 0.717) is 0 Å². The van der Waals surface area contributed by atoms with E-state index < -0.39 is 0 Å². The van der Waals surface area contributed by atoms with Crippen molar-refractivity contribution in [2.45, 2.75) is 121 Å². The van der Waals surface area contributed by atoms with E-state index in [2.05, 4.69) is 10.2 Å². The van der Waals surface area contributed by atoms with Crippen LogP contribution in [0.1, 0.15) is 103 Å². The third-order valence-electron chi connectivity index (χ3n) is 9.59. The number of likely N-dealkylation sites (tertiary alicyclic amines) is 1. The number of fused-ring (bicyclic) bond motifs is 2. The van der Waals surface area contributed by atoms with Crippen molar-refractivity contribution in [3.05, 3.63) is 0 Å².